The molecule has 1 unspecified atom stereocenters. The second-order valence-electron chi connectivity index (χ2n) is 4.98. The largest absolute Gasteiger partial charge is 0.451 e. The minimum absolute atomic E-state index is 0.0580. The number of alkyl halides is 1. The highest BCUT2D eigenvalue weighted by molar-refractivity contribution is 9.09. The fourth-order valence-corrected chi connectivity index (χ4v) is 2.11. The predicted molar refractivity (Wildman–Crippen MR) is 80.2 cm³/mol. The van der Waals surface area contributed by atoms with Crippen molar-refractivity contribution in [1.29, 1.82) is 0 Å². The van der Waals surface area contributed by atoms with Crippen molar-refractivity contribution in [3.8, 4) is 0 Å². The smallest absolute Gasteiger partial charge is 0.413 e. The molecule has 0 radical (unpaired) electrons. The van der Waals surface area contributed by atoms with E-state index in [-0.39, 0.29) is 17.4 Å². The van der Waals surface area contributed by atoms with E-state index in [0.717, 1.165) is 0 Å². The van der Waals surface area contributed by atoms with Gasteiger partial charge in [-0.25, -0.2) is 9.78 Å². The zero-order chi connectivity index (χ0) is 15.3. The van der Waals surface area contributed by atoms with Crippen LogP contribution in [0.25, 0.3) is 0 Å². The molecule has 112 valence electrons. The van der Waals surface area contributed by atoms with Crippen LogP contribution in [0.5, 0.6) is 0 Å². The SMILES string of the molecule is CC(Br)OC(=O)Cc1csc(NC(=O)OC(C)(C)C)n1. The summed E-state index contributed by atoms with van der Waals surface area (Å²) in [5.41, 5.74) is -0.0285. The zero-order valence-corrected chi connectivity index (χ0v) is 14.1. The number of ether oxygens (including phenoxy) is 2. The van der Waals surface area contributed by atoms with Crippen molar-refractivity contribution in [2.75, 3.05) is 5.32 Å². The Morgan fingerprint density at radius 3 is 2.70 bits per heavy atom. The van der Waals surface area contributed by atoms with Gasteiger partial charge >= 0.3 is 12.1 Å². The van der Waals surface area contributed by atoms with Crippen LogP contribution in [0, 0.1) is 0 Å². The number of amides is 1. The Morgan fingerprint density at radius 2 is 2.15 bits per heavy atom. The fraction of sp³-hybridized carbons (Fsp3) is 0.583. The van der Waals surface area contributed by atoms with Crippen LogP contribution in [-0.4, -0.2) is 27.7 Å². The predicted octanol–water partition coefficient (Wildman–Crippen LogP) is 3.32. The first kappa shape index (κ1) is 16.9. The number of anilines is 1. The summed E-state index contributed by atoms with van der Waals surface area (Å²) in [5.74, 6) is -0.386. The van der Waals surface area contributed by atoms with Crippen molar-refractivity contribution in [3.05, 3.63) is 11.1 Å². The molecule has 1 aromatic rings. The van der Waals surface area contributed by atoms with Crippen molar-refractivity contribution >= 4 is 44.5 Å². The fourth-order valence-electron chi connectivity index (χ4n) is 1.21. The lowest BCUT2D eigenvalue weighted by atomic mass is 10.2. The standard InChI is InChI=1S/C12H17BrN2O4S/c1-7(13)18-9(16)5-8-6-20-10(14-8)15-11(17)19-12(2,3)4/h6-7H,5H2,1-4H3,(H,14,15,17). The van der Waals surface area contributed by atoms with E-state index >= 15 is 0 Å². The number of hydrogen-bond donors (Lipinski definition) is 1. The summed E-state index contributed by atoms with van der Waals surface area (Å²) >= 11 is 4.34. The maximum Gasteiger partial charge on any atom is 0.413 e. The first-order chi connectivity index (χ1) is 9.15. The first-order valence-electron chi connectivity index (χ1n) is 5.93. The molecule has 0 aliphatic carbocycles. The second kappa shape index (κ2) is 7.03. The average Bonchev–Trinajstić information content (AvgIpc) is 2.60. The third-order valence-corrected chi connectivity index (χ3v) is 2.77. The van der Waals surface area contributed by atoms with Gasteiger partial charge in [-0.3, -0.25) is 10.1 Å². The number of nitrogens with zero attached hydrogens (tertiary/aromatic N) is 1. The van der Waals surface area contributed by atoms with Crippen LogP contribution in [0.15, 0.2) is 5.38 Å². The number of nitrogens with one attached hydrogen (secondary N) is 1. The molecule has 0 aliphatic rings. The highest BCUT2D eigenvalue weighted by atomic mass is 79.9. The monoisotopic (exact) mass is 364 g/mol. The minimum Gasteiger partial charge on any atom is -0.451 e. The molecular formula is C12H17BrN2O4S. The summed E-state index contributed by atoms with van der Waals surface area (Å²) in [4.78, 5) is 27.1. The van der Waals surface area contributed by atoms with Gasteiger partial charge in [0.2, 0.25) is 0 Å². The molecule has 0 saturated carbocycles. The summed E-state index contributed by atoms with van der Waals surface area (Å²) < 4.78 is 10.0. The number of esters is 1. The lowest BCUT2D eigenvalue weighted by Crippen LogP contribution is -2.27. The van der Waals surface area contributed by atoms with E-state index in [9.17, 15) is 9.59 Å². The molecule has 1 rings (SSSR count). The van der Waals surface area contributed by atoms with E-state index in [1.54, 1.807) is 33.1 Å². The maximum absolute atomic E-state index is 11.5. The van der Waals surface area contributed by atoms with Crippen LogP contribution < -0.4 is 5.32 Å². The van der Waals surface area contributed by atoms with E-state index in [1.807, 2.05) is 0 Å². The van der Waals surface area contributed by atoms with Gasteiger partial charge in [-0.05, 0) is 43.6 Å². The molecule has 0 saturated heterocycles. The maximum atomic E-state index is 11.5. The van der Waals surface area contributed by atoms with E-state index < -0.39 is 11.7 Å². The Morgan fingerprint density at radius 1 is 1.50 bits per heavy atom. The quantitative estimate of drug-likeness (QED) is 0.654. The molecular weight excluding hydrogens is 348 g/mol. The molecule has 0 aliphatic heterocycles. The Bertz CT molecular complexity index is 482. The molecule has 0 fully saturated rings. The number of aromatic nitrogens is 1. The minimum atomic E-state index is -0.574. The van der Waals surface area contributed by atoms with Crippen LogP contribution in [0.4, 0.5) is 9.93 Å². The van der Waals surface area contributed by atoms with Gasteiger partial charge in [-0.2, -0.15) is 0 Å². The normalized spacial score (nSPS) is 12.7. The van der Waals surface area contributed by atoms with Crippen molar-refractivity contribution in [2.24, 2.45) is 0 Å². The Kier molecular flexibility index (Phi) is 5.94. The van der Waals surface area contributed by atoms with Gasteiger partial charge in [0.15, 0.2) is 10.1 Å². The summed E-state index contributed by atoms with van der Waals surface area (Å²) in [7, 11) is 0. The van der Waals surface area contributed by atoms with E-state index in [0.29, 0.717) is 10.8 Å². The Hall–Kier alpha value is -1.15. The molecule has 1 heterocycles. The van der Waals surface area contributed by atoms with Crippen LogP contribution >= 0.6 is 27.3 Å². The highest BCUT2D eigenvalue weighted by Gasteiger charge is 2.17. The van der Waals surface area contributed by atoms with E-state index in [4.69, 9.17) is 9.47 Å². The van der Waals surface area contributed by atoms with Crippen LogP contribution in [0.1, 0.15) is 33.4 Å². The third-order valence-electron chi connectivity index (χ3n) is 1.78. The number of halogens is 1. The number of carbonyl (C=O) groups is 2. The van der Waals surface area contributed by atoms with Gasteiger partial charge in [0, 0.05) is 5.38 Å². The van der Waals surface area contributed by atoms with Gasteiger partial charge in [0.1, 0.15) is 5.60 Å². The topological polar surface area (TPSA) is 77.5 Å². The molecule has 1 aromatic heterocycles. The van der Waals surface area contributed by atoms with E-state index in [2.05, 4.69) is 26.2 Å². The van der Waals surface area contributed by atoms with E-state index in [1.165, 1.54) is 11.3 Å². The van der Waals surface area contributed by atoms with Crippen molar-refractivity contribution in [3.63, 3.8) is 0 Å². The molecule has 0 bridgehead atoms. The molecule has 6 nitrogen and oxygen atoms in total. The van der Waals surface area contributed by atoms with Gasteiger partial charge in [0.05, 0.1) is 12.1 Å². The average molecular weight is 365 g/mol. The molecule has 20 heavy (non-hydrogen) atoms. The van der Waals surface area contributed by atoms with Crippen molar-refractivity contribution < 1.29 is 19.1 Å². The number of thiazole rings is 1. The number of rotatable bonds is 4. The molecule has 0 spiro atoms. The molecule has 1 atom stereocenters. The summed E-state index contributed by atoms with van der Waals surface area (Å²) in [6.07, 6.45) is -0.516. The van der Waals surface area contributed by atoms with Crippen LogP contribution in [0.2, 0.25) is 0 Å². The number of carbonyl (C=O) groups excluding carboxylic acids is 2. The summed E-state index contributed by atoms with van der Waals surface area (Å²) in [6.45, 7) is 7.03. The lowest BCUT2D eigenvalue weighted by molar-refractivity contribution is -0.143. The van der Waals surface area contributed by atoms with Crippen LogP contribution in [-0.2, 0) is 20.7 Å². The molecule has 1 amide bonds. The van der Waals surface area contributed by atoms with Crippen LogP contribution in [0.3, 0.4) is 0 Å². The molecule has 1 N–H and O–H groups in total. The zero-order valence-electron chi connectivity index (χ0n) is 11.7. The first-order valence-corrected chi connectivity index (χ1v) is 7.73. The summed E-state index contributed by atoms with van der Waals surface area (Å²) in [5, 5.41) is 4.25. The van der Waals surface area contributed by atoms with Gasteiger partial charge in [0.25, 0.3) is 0 Å². The van der Waals surface area contributed by atoms with Crippen molar-refractivity contribution in [1.82, 2.24) is 4.98 Å². The Balaban J connectivity index is 2.51. The van der Waals surface area contributed by atoms with Gasteiger partial charge in [-0.15, -0.1) is 11.3 Å². The number of hydrogen-bond acceptors (Lipinski definition) is 6. The van der Waals surface area contributed by atoms with Gasteiger partial charge < -0.3 is 9.47 Å². The summed E-state index contributed by atoms with van der Waals surface area (Å²) in [6, 6.07) is 0. The molecule has 8 heteroatoms. The molecule has 0 aromatic carbocycles. The van der Waals surface area contributed by atoms with Crippen molar-refractivity contribution in [2.45, 2.75) is 44.7 Å². The third kappa shape index (κ3) is 6.85. The highest BCUT2D eigenvalue weighted by Crippen LogP contribution is 2.18. The lowest BCUT2D eigenvalue weighted by Gasteiger charge is -2.18. The van der Waals surface area contributed by atoms with Gasteiger partial charge in [-0.1, -0.05) is 0 Å². The Labute approximate surface area is 130 Å². The second-order valence-corrected chi connectivity index (χ2v) is 7.13.